The molecule has 0 bridgehead atoms. The van der Waals surface area contributed by atoms with E-state index in [1.807, 2.05) is 65.8 Å². The molecule has 3 aromatic rings. The molecule has 3 aliphatic rings. The molecular weight excluding hydrogens is 701 g/mol. The van der Waals surface area contributed by atoms with Crippen molar-refractivity contribution in [1.82, 2.24) is 14.9 Å². The van der Waals surface area contributed by atoms with Gasteiger partial charge in [0.2, 0.25) is 11.8 Å². The van der Waals surface area contributed by atoms with Gasteiger partial charge in [-0.1, -0.05) is 57.2 Å². The number of para-hydroxylation sites is 2. The third-order valence-electron chi connectivity index (χ3n) is 10.1. The summed E-state index contributed by atoms with van der Waals surface area (Å²) < 4.78 is 40.4. The van der Waals surface area contributed by atoms with Gasteiger partial charge >= 0.3 is 6.18 Å². The van der Waals surface area contributed by atoms with Crippen LogP contribution in [-0.4, -0.2) is 78.4 Å². The van der Waals surface area contributed by atoms with E-state index >= 15 is 0 Å². The van der Waals surface area contributed by atoms with Crippen LogP contribution in [0.25, 0.3) is 0 Å². The summed E-state index contributed by atoms with van der Waals surface area (Å²) in [6, 6.07) is 17.5. The number of carbonyl (C=O) groups excluding carboxylic acids is 2. The fourth-order valence-electron chi connectivity index (χ4n) is 7.11. The number of aryl methyl sites for hydroxylation is 2. The number of unbranched alkanes of at least 4 members (excludes halogenated alkanes) is 2. The van der Waals surface area contributed by atoms with Gasteiger partial charge in [-0.05, 0) is 81.2 Å². The Morgan fingerprint density at radius 2 is 1.19 bits per heavy atom. The first-order valence-electron chi connectivity index (χ1n) is 19.1. The lowest BCUT2D eigenvalue weighted by molar-refractivity contribution is -0.141. The van der Waals surface area contributed by atoms with Crippen LogP contribution in [0.15, 0.2) is 54.6 Å². The molecule has 3 aliphatic heterocycles. The van der Waals surface area contributed by atoms with E-state index in [9.17, 15) is 22.8 Å². The predicted octanol–water partition coefficient (Wildman–Crippen LogP) is 8.44. The van der Waals surface area contributed by atoms with E-state index in [0.29, 0.717) is 44.2 Å². The van der Waals surface area contributed by atoms with E-state index in [-0.39, 0.29) is 17.6 Å². The Morgan fingerprint density at radius 1 is 0.679 bits per heavy atom. The van der Waals surface area contributed by atoms with Gasteiger partial charge in [-0.2, -0.15) is 13.2 Å². The van der Waals surface area contributed by atoms with Crippen molar-refractivity contribution in [3.05, 3.63) is 77.2 Å². The Labute approximate surface area is 317 Å². The highest BCUT2D eigenvalue weighted by molar-refractivity contribution is 6.17. The molecule has 0 N–H and O–H groups in total. The first kappa shape index (κ1) is 40.5. The molecule has 2 amide bonds. The third kappa shape index (κ3) is 11.2. The van der Waals surface area contributed by atoms with Crippen LogP contribution in [0, 0.1) is 0 Å². The van der Waals surface area contributed by atoms with Crippen molar-refractivity contribution >= 4 is 40.6 Å². The lowest BCUT2D eigenvalue weighted by Crippen LogP contribution is -2.47. The summed E-state index contributed by atoms with van der Waals surface area (Å²) in [6.07, 6.45) is 4.37. The summed E-state index contributed by atoms with van der Waals surface area (Å²) in [4.78, 5) is 41.1. The average Bonchev–Trinajstić information content (AvgIpc) is 3.40. The summed E-state index contributed by atoms with van der Waals surface area (Å²) in [5.41, 5.74) is 3.23. The Bertz CT molecular complexity index is 1640. The van der Waals surface area contributed by atoms with Gasteiger partial charge in [0.05, 0.1) is 0 Å². The number of anilines is 3. The first-order chi connectivity index (χ1) is 25.3. The monoisotopic (exact) mass is 754 g/mol. The van der Waals surface area contributed by atoms with Gasteiger partial charge < -0.3 is 14.7 Å². The van der Waals surface area contributed by atoms with Gasteiger partial charge in [0.1, 0.15) is 17.3 Å². The Balaban J connectivity index is 0.000000265. The van der Waals surface area contributed by atoms with Gasteiger partial charge in [0.25, 0.3) is 0 Å². The number of aromatic nitrogens is 2. The zero-order chi connectivity index (χ0) is 38.0. The fraction of sp³-hybridized carbons (Fsp3) is 0.561. The Hall–Kier alpha value is -3.70. The average molecular weight is 755 g/mol. The van der Waals surface area contributed by atoms with Crippen LogP contribution < -0.4 is 14.7 Å². The van der Waals surface area contributed by atoms with Crippen molar-refractivity contribution in [2.75, 3.05) is 66.4 Å². The van der Waals surface area contributed by atoms with Gasteiger partial charge in [0, 0.05) is 80.8 Å². The van der Waals surface area contributed by atoms with Crippen molar-refractivity contribution in [2.24, 2.45) is 0 Å². The minimum atomic E-state index is -4.51. The number of fused-ring (bicyclic) bond motifs is 2. The van der Waals surface area contributed by atoms with Gasteiger partial charge in [-0.15, -0.1) is 11.6 Å². The first-order valence-corrected chi connectivity index (χ1v) is 19.6. The molecule has 0 atom stereocenters. The van der Waals surface area contributed by atoms with E-state index in [1.165, 1.54) is 11.1 Å². The number of rotatable bonds is 10. The molecule has 4 heterocycles. The lowest BCUT2D eigenvalue weighted by Gasteiger charge is -2.36. The van der Waals surface area contributed by atoms with E-state index in [0.717, 1.165) is 95.0 Å². The molecule has 0 unspecified atom stereocenters. The summed E-state index contributed by atoms with van der Waals surface area (Å²) in [5.74, 6) is 1.68. The van der Waals surface area contributed by atoms with Gasteiger partial charge in [-0.3, -0.25) is 14.5 Å². The Kier molecular flexibility index (Phi) is 14.2. The number of benzene rings is 2. The number of carbonyl (C=O) groups is 2. The molecule has 8 nitrogen and oxygen atoms in total. The number of hydrogen-bond acceptors (Lipinski definition) is 6. The standard InChI is InChI=1S/C27H36F3N5O.C14H18ClNO/c1-26(2,3)25-31-22(27(28,29)30)19-23(32-25)34-17-15-33(16-18-34)13-6-7-14-35-21-11-5-4-9-20(21)10-8-12-24(35)36;15-10-3-4-11-16-13-8-2-1-6-12(13)7-5-9-14(16)17/h4-5,9,11,19H,6-8,10,12-18H2,1-3H3;1-2,6,8H,3-5,7,9-11H2. The van der Waals surface area contributed by atoms with Crippen LogP contribution in [0.4, 0.5) is 30.4 Å². The van der Waals surface area contributed by atoms with Crippen LogP contribution in [-0.2, 0) is 34.0 Å². The highest BCUT2D eigenvalue weighted by Crippen LogP contribution is 2.33. The van der Waals surface area contributed by atoms with E-state index in [1.54, 1.807) is 0 Å². The maximum Gasteiger partial charge on any atom is 0.433 e. The number of amides is 2. The Morgan fingerprint density at radius 3 is 1.70 bits per heavy atom. The maximum atomic E-state index is 13.5. The molecule has 1 saturated heterocycles. The number of piperazine rings is 1. The van der Waals surface area contributed by atoms with Crippen LogP contribution >= 0.6 is 11.6 Å². The normalized spacial score (nSPS) is 17.1. The van der Waals surface area contributed by atoms with Crippen LogP contribution in [0.2, 0.25) is 0 Å². The van der Waals surface area contributed by atoms with Crippen molar-refractivity contribution in [3.63, 3.8) is 0 Å². The van der Waals surface area contributed by atoms with Crippen LogP contribution in [0.5, 0.6) is 0 Å². The summed E-state index contributed by atoms with van der Waals surface area (Å²) >= 11 is 5.68. The topological polar surface area (TPSA) is 72.9 Å². The smallest absolute Gasteiger partial charge is 0.354 e. The SMILES string of the molecule is CC(C)(C)c1nc(N2CCN(CCCCN3C(=O)CCCc4ccccc43)CC2)cc(C(F)(F)F)n1.O=C1CCCc2ccccc2N1CCCCCl. The van der Waals surface area contributed by atoms with Crippen LogP contribution in [0.3, 0.4) is 0 Å². The number of halogens is 4. The second kappa shape index (κ2) is 18.6. The fourth-order valence-corrected chi connectivity index (χ4v) is 7.30. The minimum absolute atomic E-state index is 0.200. The maximum absolute atomic E-state index is 13.5. The molecular formula is C41H54ClF3N6O2. The molecule has 53 heavy (non-hydrogen) atoms. The predicted molar refractivity (Wildman–Crippen MR) is 207 cm³/mol. The highest BCUT2D eigenvalue weighted by atomic mass is 35.5. The quantitative estimate of drug-likeness (QED) is 0.153. The van der Waals surface area contributed by atoms with E-state index in [4.69, 9.17) is 11.6 Å². The van der Waals surface area contributed by atoms with E-state index in [2.05, 4.69) is 33.1 Å². The largest absolute Gasteiger partial charge is 0.433 e. The molecule has 2 aromatic carbocycles. The molecule has 12 heteroatoms. The molecule has 0 spiro atoms. The second-order valence-corrected chi connectivity index (χ2v) is 15.5. The van der Waals surface area contributed by atoms with Gasteiger partial charge in [0.15, 0.2) is 0 Å². The second-order valence-electron chi connectivity index (χ2n) is 15.2. The zero-order valence-electron chi connectivity index (χ0n) is 31.4. The molecule has 6 rings (SSSR count). The molecule has 0 aliphatic carbocycles. The van der Waals surface area contributed by atoms with Crippen molar-refractivity contribution in [1.29, 1.82) is 0 Å². The van der Waals surface area contributed by atoms with Crippen molar-refractivity contribution < 1.29 is 22.8 Å². The van der Waals surface area contributed by atoms with Crippen molar-refractivity contribution in [2.45, 2.75) is 96.6 Å². The molecule has 0 saturated carbocycles. The summed E-state index contributed by atoms with van der Waals surface area (Å²) in [6.45, 7) is 10.7. The number of nitrogens with zero attached hydrogens (tertiary/aromatic N) is 6. The minimum Gasteiger partial charge on any atom is -0.354 e. The number of alkyl halides is 4. The molecule has 1 fully saturated rings. The highest BCUT2D eigenvalue weighted by Gasteiger charge is 2.36. The van der Waals surface area contributed by atoms with Crippen LogP contribution in [0.1, 0.15) is 94.8 Å². The molecule has 288 valence electrons. The lowest BCUT2D eigenvalue weighted by atomic mass is 9.95. The van der Waals surface area contributed by atoms with Gasteiger partial charge in [-0.25, -0.2) is 9.97 Å². The third-order valence-corrected chi connectivity index (χ3v) is 10.3. The van der Waals surface area contributed by atoms with E-state index < -0.39 is 17.3 Å². The molecule has 0 radical (unpaired) electrons. The van der Waals surface area contributed by atoms with Crippen molar-refractivity contribution in [3.8, 4) is 0 Å². The summed E-state index contributed by atoms with van der Waals surface area (Å²) in [7, 11) is 0. The number of hydrogen-bond donors (Lipinski definition) is 0. The molecule has 1 aromatic heterocycles. The summed E-state index contributed by atoms with van der Waals surface area (Å²) in [5, 5.41) is 0. The zero-order valence-corrected chi connectivity index (χ0v) is 32.2.